The topological polar surface area (TPSA) is 86.0 Å². The average Bonchev–Trinajstić information content (AvgIpc) is 2.58. The van der Waals surface area contributed by atoms with Crippen LogP contribution in [0.15, 0.2) is 6.20 Å². The highest BCUT2D eigenvalue weighted by atomic mass is 16.7. The molecule has 1 saturated heterocycles. The number of nitrogens with zero attached hydrogens (tertiary/aromatic N) is 2. The number of rotatable bonds is 1. The molecule has 1 aromatic heterocycles. The number of hydrogen-bond acceptors (Lipinski definition) is 5. The quantitative estimate of drug-likeness (QED) is 0.575. The van der Waals surface area contributed by atoms with Gasteiger partial charge in [-0.15, -0.1) is 5.10 Å². The normalized spacial score (nSPS) is 30.4. The van der Waals surface area contributed by atoms with Gasteiger partial charge in [-0.3, -0.25) is 5.10 Å². The number of nitrogens with one attached hydrogen (secondary N) is 1. The summed E-state index contributed by atoms with van der Waals surface area (Å²) in [6.45, 7) is 0.995. The van der Waals surface area contributed by atoms with E-state index in [1.807, 2.05) is 0 Å². The molecule has 1 aliphatic rings. The minimum absolute atomic E-state index is 0.0341. The molecule has 2 heterocycles. The Bertz CT molecular complexity index is 230. The Labute approximate surface area is 69.0 Å². The number of aromatic amines is 1. The highest BCUT2D eigenvalue weighted by molar-refractivity contribution is 4.93. The maximum atomic E-state index is 5.56. The van der Waals surface area contributed by atoms with E-state index in [-0.39, 0.29) is 6.04 Å². The molecule has 1 fully saturated rings. The van der Waals surface area contributed by atoms with Gasteiger partial charge in [0.2, 0.25) is 6.29 Å². The van der Waals surface area contributed by atoms with Gasteiger partial charge in [-0.05, 0) is 0 Å². The fraction of sp³-hybridized carbons (Fsp3) is 0.667. The summed E-state index contributed by atoms with van der Waals surface area (Å²) in [6, 6.07) is -0.0341. The van der Waals surface area contributed by atoms with Crippen molar-refractivity contribution in [3.8, 4) is 0 Å². The largest absolute Gasteiger partial charge is 0.345 e. The van der Waals surface area contributed by atoms with Crippen LogP contribution in [0.25, 0.3) is 0 Å². The third-order valence-electron chi connectivity index (χ3n) is 1.60. The standard InChI is InChI=1S/C6H10N4O2/c7-4-2-11-6(12-3-4)5-1-8-10-9-5/h1,4,6H,2-3,7H2,(H,8,9,10). The van der Waals surface area contributed by atoms with Gasteiger partial charge in [0.1, 0.15) is 5.69 Å². The zero-order chi connectivity index (χ0) is 8.39. The van der Waals surface area contributed by atoms with Gasteiger partial charge in [-0.2, -0.15) is 0 Å². The van der Waals surface area contributed by atoms with E-state index in [9.17, 15) is 0 Å². The minimum Gasteiger partial charge on any atom is -0.345 e. The van der Waals surface area contributed by atoms with Crippen molar-refractivity contribution in [3.63, 3.8) is 0 Å². The first kappa shape index (κ1) is 7.66. The van der Waals surface area contributed by atoms with Gasteiger partial charge < -0.3 is 15.2 Å². The molecule has 0 radical (unpaired) electrons. The highest BCUT2D eigenvalue weighted by Crippen LogP contribution is 2.18. The van der Waals surface area contributed by atoms with E-state index in [1.165, 1.54) is 0 Å². The molecule has 0 aliphatic carbocycles. The van der Waals surface area contributed by atoms with Gasteiger partial charge in [-0.1, -0.05) is 5.21 Å². The Morgan fingerprint density at radius 1 is 1.50 bits per heavy atom. The van der Waals surface area contributed by atoms with Crippen molar-refractivity contribution in [1.82, 2.24) is 15.4 Å². The van der Waals surface area contributed by atoms with Crippen LogP contribution in [-0.4, -0.2) is 34.7 Å². The number of ether oxygens (including phenoxy) is 2. The van der Waals surface area contributed by atoms with Gasteiger partial charge >= 0.3 is 0 Å². The summed E-state index contributed by atoms with van der Waals surface area (Å²) in [6.07, 6.45) is 1.23. The molecular weight excluding hydrogens is 160 g/mol. The lowest BCUT2D eigenvalue weighted by Crippen LogP contribution is -2.37. The summed E-state index contributed by atoms with van der Waals surface area (Å²) in [5.41, 5.74) is 6.21. The molecule has 6 heteroatoms. The van der Waals surface area contributed by atoms with Gasteiger partial charge in [0.05, 0.1) is 25.5 Å². The average molecular weight is 170 g/mol. The Morgan fingerprint density at radius 2 is 2.25 bits per heavy atom. The maximum absolute atomic E-state index is 5.56. The van der Waals surface area contributed by atoms with E-state index in [0.29, 0.717) is 18.9 Å². The second-order valence-electron chi connectivity index (χ2n) is 2.66. The van der Waals surface area contributed by atoms with E-state index in [4.69, 9.17) is 15.2 Å². The molecule has 0 atom stereocenters. The number of aromatic nitrogens is 3. The molecule has 2 rings (SSSR count). The summed E-state index contributed by atoms with van der Waals surface area (Å²) in [7, 11) is 0. The summed E-state index contributed by atoms with van der Waals surface area (Å²) in [5, 5.41) is 9.90. The van der Waals surface area contributed by atoms with E-state index in [2.05, 4.69) is 15.4 Å². The van der Waals surface area contributed by atoms with E-state index < -0.39 is 6.29 Å². The van der Waals surface area contributed by atoms with E-state index >= 15 is 0 Å². The van der Waals surface area contributed by atoms with Gasteiger partial charge in [0.15, 0.2) is 0 Å². The second-order valence-corrected chi connectivity index (χ2v) is 2.66. The van der Waals surface area contributed by atoms with Crippen LogP contribution >= 0.6 is 0 Å². The lowest BCUT2D eigenvalue weighted by Gasteiger charge is -2.25. The molecule has 0 amide bonds. The fourth-order valence-corrected chi connectivity index (χ4v) is 1.01. The summed E-state index contributed by atoms with van der Waals surface area (Å²) in [4.78, 5) is 0. The highest BCUT2D eigenvalue weighted by Gasteiger charge is 2.22. The predicted molar refractivity (Wildman–Crippen MR) is 39.0 cm³/mol. The molecular formula is C6H10N4O2. The third kappa shape index (κ3) is 1.45. The van der Waals surface area contributed by atoms with Crippen LogP contribution in [0, 0.1) is 0 Å². The van der Waals surface area contributed by atoms with Crippen LogP contribution in [0.4, 0.5) is 0 Å². The van der Waals surface area contributed by atoms with Crippen molar-refractivity contribution in [2.45, 2.75) is 12.3 Å². The zero-order valence-electron chi connectivity index (χ0n) is 6.43. The minimum atomic E-state index is -0.413. The first-order valence-electron chi connectivity index (χ1n) is 3.71. The van der Waals surface area contributed by atoms with Crippen molar-refractivity contribution in [2.24, 2.45) is 5.73 Å². The Kier molecular flexibility index (Phi) is 2.03. The first-order chi connectivity index (χ1) is 5.86. The Morgan fingerprint density at radius 3 is 2.83 bits per heavy atom. The molecule has 0 aromatic carbocycles. The fourth-order valence-electron chi connectivity index (χ4n) is 1.01. The zero-order valence-corrected chi connectivity index (χ0v) is 6.43. The van der Waals surface area contributed by atoms with E-state index in [0.717, 1.165) is 0 Å². The molecule has 0 saturated carbocycles. The first-order valence-corrected chi connectivity index (χ1v) is 3.71. The third-order valence-corrected chi connectivity index (χ3v) is 1.60. The molecule has 12 heavy (non-hydrogen) atoms. The molecule has 0 spiro atoms. The van der Waals surface area contributed by atoms with E-state index in [1.54, 1.807) is 6.20 Å². The molecule has 1 aromatic rings. The molecule has 6 nitrogen and oxygen atoms in total. The maximum Gasteiger partial charge on any atom is 0.204 e. The van der Waals surface area contributed by atoms with Crippen LogP contribution in [0.1, 0.15) is 12.0 Å². The SMILES string of the molecule is NC1COC(c2c[nH]nn2)OC1. The lowest BCUT2D eigenvalue weighted by atomic mass is 10.3. The van der Waals surface area contributed by atoms with Crippen molar-refractivity contribution in [3.05, 3.63) is 11.9 Å². The van der Waals surface area contributed by atoms with Gasteiger partial charge in [-0.25, -0.2) is 0 Å². The van der Waals surface area contributed by atoms with Crippen molar-refractivity contribution < 1.29 is 9.47 Å². The second kappa shape index (κ2) is 3.18. The number of nitrogens with two attached hydrogens (primary N) is 1. The Balaban J connectivity index is 1.99. The number of H-pyrrole nitrogens is 1. The van der Waals surface area contributed by atoms with Crippen LogP contribution in [0.2, 0.25) is 0 Å². The van der Waals surface area contributed by atoms with Crippen LogP contribution in [-0.2, 0) is 9.47 Å². The van der Waals surface area contributed by atoms with Crippen molar-refractivity contribution in [1.29, 1.82) is 0 Å². The predicted octanol–water partition coefficient (Wildman–Crippen LogP) is -0.823. The monoisotopic (exact) mass is 170 g/mol. The lowest BCUT2D eigenvalue weighted by molar-refractivity contribution is -0.191. The molecule has 66 valence electrons. The molecule has 1 aliphatic heterocycles. The Hall–Kier alpha value is -0.980. The van der Waals surface area contributed by atoms with Gasteiger partial charge in [0.25, 0.3) is 0 Å². The van der Waals surface area contributed by atoms with Crippen LogP contribution in [0.5, 0.6) is 0 Å². The summed E-state index contributed by atoms with van der Waals surface area (Å²) >= 11 is 0. The summed E-state index contributed by atoms with van der Waals surface area (Å²) in [5.74, 6) is 0. The van der Waals surface area contributed by atoms with Gasteiger partial charge in [0, 0.05) is 0 Å². The molecule has 3 N–H and O–H groups in total. The summed E-state index contributed by atoms with van der Waals surface area (Å²) < 4.78 is 10.5. The molecule has 0 unspecified atom stereocenters. The van der Waals surface area contributed by atoms with Crippen LogP contribution in [0.3, 0.4) is 0 Å². The van der Waals surface area contributed by atoms with Crippen molar-refractivity contribution in [2.75, 3.05) is 13.2 Å². The smallest absolute Gasteiger partial charge is 0.204 e. The van der Waals surface area contributed by atoms with Crippen molar-refractivity contribution >= 4 is 0 Å². The molecule has 0 bridgehead atoms. The number of hydrogen-bond donors (Lipinski definition) is 2. The van der Waals surface area contributed by atoms with Crippen LogP contribution < -0.4 is 5.73 Å².